The molecular formula is C14H24N2O2. The van der Waals surface area contributed by atoms with Gasteiger partial charge >= 0.3 is 0 Å². The van der Waals surface area contributed by atoms with E-state index in [2.05, 4.69) is 19.2 Å². The van der Waals surface area contributed by atoms with Crippen LogP contribution in [0.25, 0.3) is 0 Å². The summed E-state index contributed by atoms with van der Waals surface area (Å²) in [5, 5.41) is 3.52. The summed E-state index contributed by atoms with van der Waals surface area (Å²) < 4.78 is 5.66. The third-order valence-corrected chi connectivity index (χ3v) is 4.34. The first kappa shape index (κ1) is 12.4. The van der Waals surface area contributed by atoms with Crippen molar-refractivity contribution >= 4 is 5.91 Å². The highest BCUT2D eigenvalue weighted by Crippen LogP contribution is 2.43. The normalized spacial score (nSPS) is 29.6. The molecule has 2 aliphatic carbocycles. The van der Waals surface area contributed by atoms with Gasteiger partial charge < -0.3 is 9.64 Å². The standard InChI is InChI=1S/C14H24N2O2/c1-10(2)12-15-14(5-6-14)13(17)16(12)7-8-18-9-11-3-4-11/h10-12,15H,3-9H2,1-2H3. The molecule has 102 valence electrons. The molecule has 1 atom stereocenters. The zero-order chi connectivity index (χ0) is 12.8. The molecule has 1 N–H and O–H groups in total. The molecule has 4 heteroatoms. The summed E-state index contributed by atoms with van der Waals surface area (Å²) in [5.41, 5.74) is -0.189. The third-order valence-electron chi connectivity index (χ3n) is 4.34. The Hall–Kier alpha value is -0.610. The Morgan fingerprint density at radius 1 is 1.44 bits per heavy atom. The number of nitrogens with zero attached hydrogens (tertiary/aromatic N) is 1. The number of hydrogen-bond donors (Lipinski definition) is 1. The highest BCUT2D eigenvalue weighted by molar-refractivity contribution is 5.91. The van der Waals surface area contributed by atoms with Crippen LogP contribution in [0.15, 0.2) is 0 Å². The van der Waals surface area contributed by atoms with Crippen molar-refractivity contribution in [2.24, 2.45) is 11.8 Å². The summed E-state index contributed by atoms with van der Waals surface area (Å²) in [6.07, 6.45) is 4.86. The molecule has 0 radical (unpaired) electrons. The van der Waals surface area contributed by atoms with E-state index in [4.69, 9.17) is 4.74 Å². The first-order chi connectivity index (χ1) is 8.62. The molecule has 1 aliphatic heterocycles. The largest absolute Gasteiger partial charge is 0.379 e. The minimum Gasteiger partial charge on any atom is -0.379 e. The minimum absolute atomic E-state index is 0.189. The van der Waals surface area contributed by atoms with Gasteiger partial charge in [0, 0.05) is 13.2 Å². The van der Waals surface area contributed by atoms with Gasteiger partial charge in [0.15, 0.2) is 0 Å². The SMILES string of the molecule is CC(C)C1NC2(CC2)C(=O)N1CCOCC1CC1. The van der Waals surface area contributed by atoms with E-state index in [-0.39, 0.29) is 11.7 Å². The molecule has 2 saturated carbocycles. The maximum atomic E-state index is 12.4. The van der Waals surface area contributed by atoms with Gasteiger partial charge in [-0.1, -0.05) is 13.8 Å². The summed E-state index contributed by atoms with van der Waals surface area (Å²) in [6.45, 7) is 6.65. The van der Waals surface area contributed by atoms with E-state index in [0.29, 0.717) is 18.4 Å². The van der Waals surface area contributed by atoms with Crippen LogP contribution in [0.2, 0.25) is 0 Å². The molecule has 4 nitrogen and oxygen atoms in total. The second-order valence-corrected chi connectivity index (χ2v) is 6.43. The van der Waals surface area contributed by atoms with E-state index in [1.165, 1.54) is 12.8 Å². The number of carbonyl (C=O) groups excluding carboxylic acids is 1. The Morgan fingerprint density at radius 2 is 2.17 bits per heavy atom. The van der Waals surface area contributed by atoms with E-state index < -0.39 is 0 Å². The van der Waals surface area contributed by atoms with E-state index in [1.54, 1.807) is 0 Å². The van der Waals surface area contributed by atoms with Crippen LogP contribution in [-0.4, -0.2) is 42.3 Å². The van der Waals surface area contributed by atoms with E-state index >= 15 is 0 Å². The number of rotatable bonds is 6. The molecule has 1 spiro atoms. The molecule has 3 aliphatic rings. The van der Waals surface area contributed by atoms with E-state index in [0.717, 1.165) is 31.9 Å². The van der Waals surface area contributed by atoms with Crippen molar-refractivity contribution in [1.29, 1.82) is 0 Å². The van der Waals surface area contributed by atoms with Crippen molar-refractivity contribution in [3.63, 3.8) is 0 Å². The fourth-order valence-corrected chi connectivity index (χ4v) is 2.77. The van der Waals surface area contributed by atoms with Crippen LogP contribution in [-0.2, 0) is 9.53 Å². The van der Waals surface area contributed by atoms with Crippen LogP contribution < -0.4 is 5.32 Å². The Kier molecular flexibility index (Phi) is 3.10. The molecule has 3 fully saturated rings. The van der Waals surface area contributed by atoms with Crippen LogP contribution in [0.5, 0.6) is 0 Å². The van der Waals surface area contributed by atoms with Crippen LogP contribution in [0, 0.1) is 11.8 Å². The predicted octanol–water partition coefficient (Wildman–Crippen LogP) is 1.36. The number of carbonyl (C=O) groups is 1. The lowest BCUT2D eigenvalue weighted by atomic mass is 10.1. The van der Waals surface area contributed by atoms with Gasteiger partial charge in [0.2, 0.25) is 5.91 Å². The summed E-state index contributed by atoms with van der Waals surface area (Å²) in [5.74, 6) is 1.56. The van der Waals surface area contributed by atoms with Gasteiger partial charge in [0.25, 0.3) is 0 Å². The summed E-state index contributed by atoms with van der Waals surface area (Å²) in [4.78, 5) is 14.4. The Balaban J connectivity index is 1.52. The molecule has 1 saturated heterocycles. The van der Waals surface area contributed by atoms with Crippen molar-refractivity contribution in [2.45, 2.75) is 51.2 Å². The minimum atomic E-state index is -0.189. The van der Waals surface area contributed by atoms with Gasteiger partial charge in [-0.3, -0.25) is 10.1 Å². The first-order valence-corrected chi connectivity index (χ1v) is 7.29. The number of amides is 1. The molecular weight excluding hydrogens is 228 g/mol. The molecule has 1 heterocycles. The maximum Gasteiger partial charge on any atom is 0.244 e. The number of hydrogen-bond acceptors (Lipinski definition) is 3. The molecule has 1 amide bonds. The lowest BCUT2D eigenvalue weighted by molar-refractivity contribution is -0.132. The van der Waals surface area contributed by atoms with Crippen LogP contribution in [0.1, 0.15) is 39.5 Å². The quantitative estimate of drug-likeness (QED) is 0.726. The monoisotopic (exact) mass is 252 g/mol. The molecule has 0 aromatic carbocycles. The Morgan fingerprint density at radius 3 is 2.72 bits per heavy atom. The maximum absolute atomic E-state index is 12.4. The van der Waals surface area contributed by atoms with Gasteiger partial charge in [0.05, 0.1) is 18.3 Å². The van der Waals surface area contributed by atoms with Crippen molar-refractivity contribution < 1.29 is 9.53 Å². The summed E-state index contributed by atoms with van der Waals surface area (Å²) in [7, 11) is 0. The lowest BCUT2D eigenvalue weighted by Gasteiger charge is -2.27. The van der Waals surface area contributed by atoms with E-state index in [9.17, 15) is 4.79 Å². The van der Waals surface area contributed by atoms with E-state index in [1.807, 2.05) is 4.90 Å². The molecule has 0 aromatic heterocycles. The van der Waals surface area contributed by atoms with Gasteiger partial charge in [-0.25, -0.2) is 0 Å². The molecule has 0 bridgehead atoms. The van der Waals surface area contributed by atoms with Crippen LogP contribution in [0.3, 0.4) is 0 Å². The highest BCUT2D eigenvalue weighted by atomic mass is 16.5. The van der Waals surface area contributed by atoms with Crippen molar-refractivity contribution in [3.8, 4) is 0 Å². The number of ether oxygens (including phenoxy) is 1. The average molecular weight is 252 g/mol. The lowest BCUT2D eigenvalue weighted by Crippen LogP contribution is -2.43. The van der Waals surface area contributed by atoms with Gasteiger partial charge in [-0.15, -0.1) is 0 Å². The topological polar surface area (TPSA) is 41.6 Å². The van der Waals surface area contributed by atoms with Gasteiger partial charge in [-0.05, 0) is 37.5 Å². The fourth-order valence-electron chi connectivity index (χ4n) is 2.77. The zero-order valence-corrected chi connectivity index (χ0v) is 11.4. The second-order valence-electron chi connectivity index (χ2n) is 6.43. The third kappa shape index (κ3) is 2.28. The molecule has 1 unspecified atom stereocenters. The fraction of sp³-hybridized carbons (Fsp3) is 0.929. The molecule has 18 heavy (non-hydrogen) atoms. The second kappa shape index (κ2) is 4.49. The average Bonchev–Trinajstić information content (AvgIpc) is 3.21. The molecule has 3 rings (SSSR count). The van der Waals surface area contributed by atoms with Gasteiger partial charge in [0.1, 0.15) is 0 Å². The van der Waals surface area contributed by atoms with Crippen LogP contribution in [0.4, 0.5) is 0 Å². The summed E-state index contributed by atoms with van der Waals surface area (Å²) in [6, 6.07) is 0. The summed E-state index contributed by atoms with van der Waals surface area (Å²) >= 11 is 0. The zero-order valence-electron chi connectivity index (χ0n) is 11.4. The first-order valence-electron chi connectivity index (χ1n) is 7.29. The predicted molar refractivity (Wildman–Crippen MR) is 69.0 cm³/mol. The molecule has 0 aromatic rings. The van der Waals surface area contributed by atoms with Crippen molar-refractivity contribution in [2.75, 3.05) is 19.8 Å². The smallest absolute Gasteiger partial charge is 0.244 e. The van der Waals surface area contributed by atoms with Crippen LogP contribution >= 0.6 is 0 Å². The van der Waals surface area contributed by atoms with Crippen molar-refractivity contribution in [3.05, 3.63) is 0 Å². The highest BCUT2D eigenvalue weighted by Gasteiger charge is 2.59. The van der Waals surface area contributed by atoms with Gasteiger partial charge in [-0.2, -0.15) is 0 Å². The number of nitrogens with one attached hydrogen (secondary N) is 1. The Labute approximate surface area is 109 Å². The Bertz CT molecular complexity index is 335. The van der Waals surface area contributed by atoms with Crippen molar-refractivity contribution in [1.82, 2.24) is 10.2 Å².